The quantitative estimate of drug-likeness (QED) is 0.832. The van der Waals surface area contributed by atoms with Crippen LogP contribution < -0.4 is 10.2 Å². The summed E-state index contributed by atoms with van der Waals surface area (Å²) in [5.74, 6) is -0.171. The Kier molecular flexibility index (Phi) is 6.02. The molecule has 1 unspecified atom stereocenters. The molecule has 1 aliphatic rings. The zero-order valence-corrected chi connectivity index (χ0v) is 12.5. The summed E-state index contributed by atoms with van der Waals surface area (Å²) in [6.45, 7) is 2.60. The van der Waals surface area contributed by atoms with Gasteiger partial charge in [-0.05, 0) is 43.5 Å². The fourth-order valence-corrected chi connectivity index (χ4v) is 2.54. The summed E-state index contributed by atoms with van der Waals surface area (Å²) in [4.78, 5) is 14.3. The van der Waals surface area contributed by atoms with Crippen molar-refractivity contribution in [3.63, 3.8) is 0 Å². The number of amides is 1. The first-order valence-electron chi connectivity index (χ1n) is 7.51. The summed E-state index contributed by atoms with van der Waals surface area (Å²) < 4.78 is 4.82. The number of anilines is 1. The average molecular weight is 292 g/mol. The number of methoxy groups -OCH3 is 1. The number of hydrogen-bond donors (Lipinski definition) is 2. The van der Waals surface area contributed by atoms with Crippen molar-refractivity contribution in [1.29, 1.82) is 0 Å². The highest BCUT2D eigenvalue weighted by molar-refractivity contribution is 5.94. The highest BCUT2D eigenvalue weighted by Crippen LogP contribution is 2.20. The number of hydrogen-bond acceptors (Lipinski definition) is 4. The van der Waals surface area contributed by atoms with Gasteiger partial charge in [-0.1, -0.05) is 0 Å². The van der Waals surface area contributed by atoms with E-state index in [1.54, 1.807) is 0 Å². The molecule has 2 rings (SSSR count). The average Bonchev–Trinajstić information content (AvgIpc) is 2.54. The van der Waals surface area contributed by atoms with Gasteiger partial charge in [0.25, 0.3) is 5.91 Å². The number of carbonyl (C=O) groups is 1. The Bertz CT molecular complexity index is 441. The van der Waals surface area contributed by atoms with E-state index in [-0.39, 0.29) is 19.1 Å². The van der Waals surface area contributed by atoms with Crippen molar-refractivity contribution in [2.75, 3.05) is 38.3 Å². The Labute approximate surface area is 125 Å². The molecule has 0 aliphatic carbocycles. The molecule has 5 nitrogen and oxygen atoms in total. The first kappa shape index (κ1) is 15.8. The molecule has 1 heterocycles. The zero-order valence-electron chi connectivity index (χ0n) is 12.5. The van der Waals surface area contributed by atoms with E-state index in [9.17, 15) is 9.90 Å². The molecular weight excluding hydrogens is 268 g/mol. The largest absolute Gasteiger partial charge is 0.389 e. The van der Waals surface area contributed by atoms with Crippen LogP contribution in [0.3, 0.4) is 0 Å². The minimum atomic E-state index is -0.674. The predicted octanol–water partition coefficient (Wildman–Crippen LogP) is 1.41. The monoisotopic (exact) mass is 292 g/mol. The summed E-state index contributed by atoms with van der Waals surface area (Å²) in [6.07, 6.45) is 3.10. The lowest BCUT2D eigenvalue weighted by molar-refractivity contribution is 0.0610. The van der Waals surface area contributed by atoms with E-state index in [4.69, 9.17) is 4.74 Å². The molecule has 1 fully saturated rings. The Morgan fingerprint density at radius 1 is 1.29 bits per heavy atom. The smallest absolute Gasteiger partial charge is 0.251 e. The molecule has 5 heteroatoms. The highest BCUT2D eigenvalue weighted by Gasteiger charge is 2.12. The van der Waals surface area contributed by atoms with Gasteiger partial charge < -0.3 is 20.1 Å². The predicted molar refractivity (Wildman–Crippen MR) is 82.7 cm³/mol. The maximum atomic E-state index is 12.0. The summed E-state index contributed by atoms with van der Waals surface area (Å²) in [6, 6.07) is 7.65. The van der Waals surface area contributed by atoms with Crippen LogP contribution >= 0.6 is 0 Å². The molecule has 21 heavy (non-hydrogen) atoms. The van der Waals surface area contributed by atoms with Crippen molar-refractivity contribution in [2.24, 2.45) is 0 Å². The third-order valence-electron chi connectivity index (χ3n) is 3.71. The number of aliphatic hydroxyl groups excluding tert-OH is 1. The normalized spacial score (nSPS) is 16.6. The zero-order chi connectivity index (χ0) is 15.1. The number of nitrogens with one attached hydrogen (secondary N) is 1. The second-order valence-corrected chi connectivity index (χ2v) is 5.41. The van der Waals surface area contributed by atoms with E-state index in [2.05, 4.69) is 10.2 Å². The number of ether oxygens (including phenoxy) is 1. The molecule has 1 aromatic rings. The molecule has 1 atom stereocenters. The Balaban J connectivity index is 1.87. The Morgan fingerprint density at radius 3 is 2.57 bits per heavy atom. The fourth-order valence-electron chi connectivity index (χ4n) is 2.54. The van der Waals surface area contributed by atoms with E-state index >= 15 is 0 Å². The molecular formula is C16H24N2O3. The van der Waals surface area contributed by atoms with Gasteiger partial charge in [0.15, 0.2) is 0 Å². The van der Waals surface area contributed by atoms with Crippen molar-refractivity contribution in [1.82, 2.24) is 5.32 Å². The van der Waals surface area contributed by atoms with Gasteiger partial charge in [0.1, 0.15) is 0 Å². The molecule has 1 saturated heterocycles. The molecule has 1 amide bonds. The Morgan fingerprint density at radius 2 is 1.95 bits per heavy atom. The van der Waals surface area contributed by atoms with Gasteiger partial charge in [0.2, 0.25) is 0 Å². The fraction of sp³-hybridized carbons (Fsp3) is 0.562. The van der Waals surface area contributed by atoms with Gasteiger partial charge >= 0.3 is 0 Å². The lowest BCUT2D eigenvalue weighted by Crippen LogP contribution is -2.34. The number of rotatable bonds is 6. The Hall–Kier alpha value is -1.59. The second kappa shape index (κ2) is 8.00. The number of nitrogens with zero attached hydrogens (tertiary/aromatic N) is 1. The maximum Gasteiger partial charge on any atom is 0.251 e. The minimum Gasteiger partial charge on any atom is -0.389 e. The number of piperidine rings is 1. The van der Waals surface area contributed by atoms with Crippen molar-refractivity contribution in [2.45, 2.75) is 25.4 Å². The molecule has 1 aromatic carbocycles. The molecule has 0 radical (unpaired) electrons. The lowest BCUT2D eigenvalue weighted by Gasteiger charge is -2.28. The SMILES string of the molecule is COCC(O)CNC(=O)c1ccc(N2CCCCC2)cc1. The van der Waals surface area contributed by atoms with Gasteiger partial charge in [0, 0.05) is 38.0 Å². The molecule has 0 aromatic heterocycles. The van der Waals surface area contributed by atoms with Crippen LogP contribution in [0.25, 0.3) is 0 Å². The number of benzene rings is 1. The van der Waals surface area contributed by atoms with Gasteiger partial charge in [-0.3, -0.25) is 4.79 Å². The molecule has 0 spiro atoms. The molecule has 1 aliphatic heterocycles. The van der Waals surface area contributed by atoms with Crippen LogP contribution in [0.1, 0.15) is 29.6 Å². The van der Waals surface area contributed by atoms with Crippen LogP contribution in [0.4, 0.5) is 5.69 Å². The van der Waals surface area contributed by atoms with Gasteiger partial charge in [-0.2, -0.15) is 0 Å². The highest BCUT2D eigenvalue weighted by atomic mass is 16.5. The summed E-state index contributed by atoms with van der Waals surface area (Å²) in [7, 11) is 1.52. The van der Waals surface area contributed by atoms with Crippen LogP contribution in [-0.2, 0) is 4.74 Å². The van der Waals surface area contributed by atoms with Crippen LogP contribution in [0.5, 0.6) is 0 Å². The summed E-state index contributed by atoms with van der Waals surface area (Å²) >= 11 is 0. The molecule has 0 bridgehead atoms. The van der Waals surface area contributed by atoms with Crippen molar-refractivity contribution >= 4 is 11.6 Å². The third kappa shape index (κ3) is 4.72. The first-order chi connectivity index (χ1) is 10.2. The third-order valence-corrected chi connectivity index (χ3v) is 3.71. The van der Waals surface area contributed by atoms with Crippen molar-refractivity contribution in [3.8, 4) is 0 Å². The molecule has 0 saturated carbocycles. The first-order valence-corrected chi connectivity index (χ1v) is 7.51. The van der Waals surface area contributed by atoms with E-state index in [0.29, 0.717) is 5.56 Å². The van der Waals surface area contributed by atoms with Gasteiger partial charge in [0.05, 0.1) is 12.7 Å². The lowest BCUT2D eigenvalue weighted by atomic mass is 10.1. The molecule has 116 valence electrons. The number of carbonyl (C=O) groups excluding carboxylic acids is 1. The number of aliphatic hydroxyl groups is 1. The molecule has 2 N–H and O–H groups in total. The van der Waals surface area contributed by atoms with Crippen molar-refractivity contribution in [3.05, 3.63) is 29.8 Å². The van der Waals surface area contributed by atoms with Crippen molar-refractivity contribution < 1.29 is 14.6 Å². The summed E-state index contributed by atoms with van der Waals surface area (Å²) in [5.41, 5.74) is 1.78. The van der Waals surface area contributed by atoms with E-state index in [0.717, 1.165) is 13.1 Å². The van der Waals surface area contributed by atoms with Crippen LogP contribution in [0, 0.1) is 0 Å². The maximum absolute atomic E-state index is 12.0. The van der Waals surface area contributed by atoms with E-state index in [1.165, 1.54) is 32.1 Å². The van der Waals surface area contributed by atoms with Gasteiger partial charge in [-0.25, -0.2) is 0 Å². The standard InChI is InChI=1S/C16H24N2O3/c1-21-12-15(19)11-17-16(20)13-5-7-14(8-6-13)18-9-3-2-4-10-18/h5-8,15,19H,2-4,9-12H2,1H3,(H,17,20). The van der Waals surface area contributed by atoms with Crippen LogP contribution in [0.2, 0.25) is 0 Å². The van der Waals surface area contributed by atoms with Crippen LogP contribution in [-0.4, -0.2) is 50.5 Å². The second-order valence-electron chi connectivity index (χ2n) is 5.41. The van der Waals surface area contributed by atoms with E-state index < -0.39 is 6.10 Å². The minimum absolute atomic E-state index is 0.171. The van der Waals surface area contributed by atoms with Gasteiger partial charge in [-0.15, -0.1) is 0 Å². The van der Waals surface area contributed by atoms with E-state index in [1.807, 2.05) is 24.3 Å². The topological polar surface area (TPSA) is 61.8 Å². The van der Waals surface area contributed by atoms with Crippen LogP contribution in [0.15, 0.2) is 24.3 Å². The summed E-state index contributed by atoms with van der Waals surface area (Å²) in [5, 5.41) is 12.2.